The molecule has 1 aromatic heterocycles. The Morgan fingerprint density at radius 1 is 1.14 bits per heavy atom. The van der Waals surface area contributed by atoms with Gasteiger partial charge < -0.3 is 15.0 Å². The first kappa shape index (κ1) is 24.2. The maximum absolute atomic E-state index is 14.4. The van der Waals surface area contributed by atoms with Crippen LogP contribution in [0.25, 0.3) is 16.6 Å². The van der Waals surface area contributed by atoms with Gasteiger partial charge in [0.05, 0.1) is 29.5 Å². The molecule has 1 saturated carbocycles. The molecule has 0 spiro atoms. The number of aromatic nitrogens is 2. The summed E-state index contributed by atoms with van der Waals surface area (Å²) in [7, 11) is 0. The normalized spacial score (nSPS) is 20.2. The number of benzene rings is 2. The zero-order chi connectivity index (χ0) is 25.2. The molecule has 0 bridgehead atoms. The third-order valence-corrected chi connectivity index (χ3v) is 6.83. The van der Waals surface area contributed by atoms with Gasteiger partial charge in [-0.1, -0.05) is 32.0 Å². The number of nitrogens with one attached hydrogen (secondary N) is 1. The summed E-state index contributed by atoms with van der Waals surface area (Å²) < 4.78 is 21.9. The number of anilines is 1. The number of urea groups is 1. The lowest BCUT2D eigenvalue weighted by Gasteiger charge is -2.24. The van der Waals surface area contributed by atoms with Crippen LogP contribution in [0.2, 0.25) is 0 Å². The molecule has 1 saturated heterocycles. The quantitative estimate of drug-likeness (QED) is 0.512. The lowest BCUT2D eigenvalue weighted by Crippen LogP contribution is -2.46. The van der Waals surface area contributed by atoms with Crippen molar-refractivity contribution in [2.75, 3.05) is 31.1 Å². The summed E-state index contributed by atoms with van der Waals surface area (Å²) in [5.41, 5.74) is 1.74. The topological polar surface area (TPSA) is 79.7 Å². The second-order valence-corrected chi connectivity index (χ2v) is 9.94. The molecule has 3 aromatic rings. The van der Waals surface area contributed by atoms with E-state index < -0.39 is 0 Å². The molecule has 5 rings (SSSR count). The van der Waals surface area contributed by atoms with Crippen LogP contribution in [0, 0.1) is 11.7 Å². The second-order valence-electron chi connectivity index (χ2n) is 9.94. The van der Waals surface area contributed by atoms with E-state index in [1.54, 1.807) is 38.9 Å². The SMILES string of the molecule is CC(C)CO[C@H]1CCC[C@H]1NC(=O)CN1CCN(c2cccc3c2cnn3-c2ccccc2F)C1=O. The molecular weight excluding hydrogens is 461 g/mol. The Hall–Kier alpha value is -3.46. The van der Waals surface area contributed by atoms with E-state index in [9.17, 15) is 14.0 Å². The number of rotatable bonds is 8. The minimum Gasteiger partial charge on any atom is -0.376 e. The summed E-state index contributed by atoms with van der Waals surface area (Å²) in [5, 5.41) is 8.22. The van der Waals surface area contributed by atoms with Crippen molar-refractivity contribution in [3.05, 3.63) is 54.5 Å². The Labute approximate surface area is 210 Å². The summed E-state index contributed by atoms with van der Waals surface area (Å²) >= 11 is 0. The molecule has 1 aliphatic heterocycles. The van der Waals surface area contributed by atoms with Crippen LogP contribution in [0.1, 0.15) is 33.1 Å². The minimum absolute atomic E-state index is 0.00714. The van der Waals surface area contributed by atoms with Crippen LogP contribution in [0.5, 0.6) is 0 Å². The van der Waals surface area contributed by atoms with Crippen LogP contribution in [0.15, 0.2) is 48.7 Å². The highest BCUT2D eigenvalue weighted by molar-refractivity contribution is 6.04. The van der Waals surface area contributed by atoms with Gasteiger partial charge in [0.2, 0.25) is 5.91 Å². The molecule has 1 N–H and O–H groups in total. The van der Waals surface area contributed by atoms with Crippen molar-refractivity contribution in [3.63, 3.8) is 0 Å². The van der Waals surface area contributed by atoms with E-state index in [0.717, 1.165) is 24.6 Å². The maximum atomic E-state index is 14.4. The number of fused-ring (bicyclic) bond motifs is 1. The van der Waals surface area contributed by atoms with Gasteiger partial charge in [-0.05, 0) is 49.4 Å². The highest BCUT2D eigenvalue weighted by atomic mass is 19.1. The van der Waals surface area contributed by atoms with Crippen LogP contribution in [-0.4, -0.2) is 65.0 Å². The van der Waals surface area contributed by atoms with Gasteiger partial charge >= 0.3 is 6.03 Å². The number of carbonyl (C=O) groups excluding carboxylic acids is 2. The van der Waals surface area contributed by atoms with Crippen molar-refractivity contribution in [1.29, 1.82) is 0 Å². The molecule has 36 heavy (non-hydrogen) atoms. The van der Waals surface area contributed by atoms with Crippen molar-refractivity contribution >= 4 is 28.5 Å². The van der Waals surface area contributed by atoms with Crippen LogP contribution in [0.3, 0.4) is 0 Å². The van der Waals surface area contributed by atoms with Crippen molar-refractivity contribution < 1.29 is 18.7 Å². The lowest BCUT2D eigenvalue weighted by molar-refractivity contribution is -0.123. The van der Waals surface area contributed by atoms with Crippen LogP contribution in [0.4, 0.5) is 14.9 Å². The van der Waals surface area contributed by atoms with E-state index in [0.29, 0.717) is 42.5 Å². The first-order valence-corrected chi connectivity index (χ1v) is 12.6. The third kappa shape index (κ3) is 4.80. The molecule has 3 amide bonds. The Bertz CT molecular complexity index is 1260. The number of hydrogen-bond acceptors (Lipinski definition) is 4. The first-order valence-electron chi connectivity index (χ1n) is 12.6. The fraction of sp³-hybridized carbons (Fsp3) is 0.444. The molecule has 2 atom stereocenters. The number of carbonyl (C=O) groups is 2. The Morgan fingerprint density at radius 3 is 2.75 bits per heavy atom. The molecule has 0 radical (unpaired) electrons. The zero-order valence-electron chi connectivity index (χ0n) is 20.7. The smallest absolute Gasteiger partial charge is 0.325 e. The van der Waals surface area contributed by atoms with Gasteiger partial charge in [-0.2, -0.15) is 5.10 Å². The van der Waals surface area contributed by atoms with Gasteiger partial charge in [-0.25, -0.2) is 13.9 Å². The van der Waals surface area contributed by atoms with Crippen molar-refractivity contribution in [1.82, 2.24) is 20.0 Å². The molecule has 190 valence electrons. The van der Waals surface area contributed by atoms with Crippen LogP contribution >= 0.6 is 0 Å². The molecule has 2 fully saturated rings. The summed E-state index contributed by atoms with van der Waals surface area (Å²) in [6.07, 6.45) is 4.54. The van der Waals surface area contributed by atoms with E-state index in [1.807, 2.05) is 18.2 Å². The van der Waals surface area contributed by atoms with E-state index in [2.05, 4.69) is 24.3 Å². The van der Waals surface area contributed by atoms with Gasteiger partial charge in [0.25, 0.3) is 0 Å². The third-order valence-electron chi connectivity index (χ3n) is 6.83. The monoisotopic (exact) mass is 493 g/mol. The zero-order valence-corrected chi connectivity index (χ0v) is 20.7. The molecule has 2 heterocycles. The average Bonchev–Trinajstić information content (AvgIpc) is 3.57. The van der Waals surface area contributed by atoms with E-state index in [1.165, 1.54) is 6.07 Å². The Balaban J connectivity index is 1.27. The highest BCUT2D eigenvalue weighted by Crippen LogP contribution is 2.31. The minimum atomic E-state index is -0.374. The average molecular weight is 494 g/mol. The lowest BCUT2D eigenvalue weighted by atomic mass is 10.2. The van der Waals surface area contributed by atoms with E-state index >= 15 is 0 Å². The van der Waals surface area contributed by atoms with Gasteiger partial charge in [0.15, 0.2) is 0 Å². The van der Waals surface area contributed by atoms with Crippen LogP contribution in [-0.2, 0) is 9.53 Å². The maximum Gasteiger partial charge on any atom is 0.325 e. The first-order chi connectivity index (χ1) is 17.4. The van der Waals surface area contributed by atoms with Gasteiger partial charge in [0, 0.05) is 25.1 Å². The second kappa shape index (κ2) is 10.3. The molecule has 9 heteroatoms. The van der Waals surface area contributed by atoms with E-state index in [4.69, 9.17) is 4.74 Å². The highest BCUT2D eigenvalue weighted by Gasteiger charge is 2.34. The number of nitrogens with zero attached hydrogens (tertiary/aromatic N) is 4. The number of ether oxygens (including phenoxy) is 1. The molecule has 1 aliphatic carbocycles. The number of para-hydroxylation sites is 1. The van der Waals surface area contributed by atoms with Crippen molar-refractivity contribution in [2.45, 2.75) is 45.3 Å². The van der Waals surface area contributed by atoms with Gasteiger partial charge in [0.1, 0.15) is 18.0 Å². The molecular formula is C27H32FN5O3. The summed E-state index contributed by atoms with van der Waals surface area (Å²) in [6, 6.07) is 11.7. The Morgan fingerprint density at radius 2 is 1.94 bits per heavy atom. The predicted molar refractivity (Wildman–Crippen MR) is 136 cm³/mol. The number of amides is 3. The summed E-state index contributed by atoms with van der Waals surface area (Å²) in [5.74, 6) is -0.0966. The molecule has 8 nitrogen and oxygen atoms in total. The molecule has 0 unspecified atom stereocenters. The van der Waals surface area contributed by atoms with Crippen LogP contribution < -0.4 is 10.2 Å². The van der Waals surface area contributed by atoms with Gasteiger partial charge in [-0.15, -0.1) is 0 Å². The van der Waals surface area contributed by atoms with Crippen molar-refractivity contribution in [3.8, 4) is 5.69 Å². The number of halogens is 1. The number of hydrogen-bond donors (Lipinski definition) is 1. The fourth-order valence-corrected chi connectivity index (χ4v) is 5.07. The molecule has 2 aromatic carbocycles. The Kier molecular flexibility index (Phi) is 6.91. The summed E-state index contributed by atoms with van der Waals surface area (Å²) in [6.45, 7) is 5.81. The summed E-state index contributed by atoms with van der Waals surface area (Å²) in [4.78, 5) is 29.3. The molecule has 2 aliphatic rings. The van der Waals surface area contributed by atoms with Gasteiger partial charge in [-0.3, -0.25) is 9.69 Å². The standard InChI is InChI=1S/C27H32FN5O3/c1-18(2)17-36-25-12-5-8-21(25)30-26(34)16-31-13-14-32(27(31)35)22-10-6-11-23-19(22)15-29-33(23)24-9-4-3-7-20(24)28/h3-4,6-7,9-11,15,18,21,25H,5,8,12-14,16-17H2,1-2H3,(H,30,34)/t21-,25+/m1/s1. The predicted octanol–water partition coefficient (Wildman–Crippen LogP) is 4.12. The van der Waals surface area contributed by atoms with Crippen molar-refractivity contribution in [2.24, 2.45) is 5.92 Å². The van der Waals surface area contributed by atoms with E-state index in [-0.39, 0.29) is 36.4 Å². The largest absolute Gasteiger partial charge is 0.376 e. The fourth-order valence-electron chi connectivity index (χ4n) is 5.07.